The van der Waals surface area contributed by atoms with E-state index in [9.17, 15) is 9.18 Å². The summed E-state index contributed by atoms with van der Waals surface area (Å²) in [6.45, 7) is 1.97. The molecule has 18 heavy (non-hydrogen) atoms. The predicted molar refractivity (Wildman–Crippen MR) is 67.6 cm³/mol. The Labute approximate surface area is 106 Å². The van der Waals surface area contributed by atoms with Gasteiger partial charge >= 0.3 is 0 Å². The standard InChI is InChI=1S/C13H19FN2O2/c1-9(16-13(17)12(15)8-18-2)7-10-5-3-4-6-11(10)14/h3-6,9,12H,7-8,15H2,1-2H3,(H,16,17). The third kappa shape index (κ3) is 4.43. The summed E-state index contributed by atoms with van der Waals surface area (Å²) in [6, 6.07) is 5.63. The number of methoxy groups -OCH3 is 1. The van der Waals surface area contributed by atoms with E-state index < -0.39 is 6.04 Å². The van der Waals surface area contributed by atoms with Crippen molar-refractivity contribution in [3.05, 3.63) is 35.6 Å². The monoisotopic (exact) mass is 254 g/mol. The number of carbonyl (C=O) groups is 1. The Bertz CT molecular complexity index is 398. The van der Waals surface area contributed by atoms with Gasteiger partial charge in [0.15, 0.2) is 0 Å². The summed E-state index contributed by atoms with van der Waals surface area (Å²) in [4.78, 5) is 11.6. The summed E-state index contributed by atoms with van der Waals surface area (Å²) in [5, 5.41) is 2.73. The third-order valence-corrected chi connectivity index (χ3v) is 2.56. The van der Waals surface area contributed by atoms with Crippen LogP contribution in [0.5, 0.6) is 0 Å². The number of ether oxygens (including phenoxy) is 1. The van der Waals surface area contributed by atoms with Gasteiger partial charge < -0.3 is 15.8 Å². The van der Waals surface area contributed by atoms with E-state index in [1.54, 1.807) is 18.2 Å². The maximum absolute atomic E-state index is 13.4. The molecule has 0 saturated carbocycles. The Morgan fingerprint density at radius 1 is 1.50 bits per heavy atom. The maximum Gasteiger partial charge on any atom is 0.239 e. The largest absolute Gasteiger partial charge is 0.383 e. The Kier molecular flexibility index (Phi) is 5.74. The molecule has 0 spiro atoms. The summed E-state index contributed by atoms with van der Waals surface area (Å²) < 4.78 is 18.2. The molecule has 0 aliphatic rings. The van der Waals surface area contributed by atoms with Crippen LogP contribution in [0.1, 0.15) is 12.5 Å². The second-order valence-electron chi connectivity index (χ2n) is 4.27. The van der Waals surface area contributed by atoms with Gasteiger partial charge in [-0.2, -0.15) is 0 Å². The van der Waals surface area contributed by atoms with Crippen LogP contribution >= 0.6 is 0 Å². The predicted octanol–water partition coefficient (Wildman–Crippen LogP) is 0.847. The number of halogens is 1. The van der Waals surface area contributed by atoms with E-state index in [0.29, 0.717) is 12.0 Å². The fraction of sp³-hybridized carbons (Fsp3) is 0.462. The molecule has 1 rings (SSSR count). The highest BCUT2D eigenvalue weighted by Gasteiger charge is 2.16. The highest BCUT2D eigenvalue weighted by atomic mass is 19.1. The topological polar surface area (TPSA) is 64.3 Å². The molecular weight excluding hydrogens is 235 g/mol. The van der Waals surface area contributed by atoms with Gasteiger partial charge in [-0.15, -0.1) is 0 Å². The fourth-order valence-corrected chi connectivity index (χ4v) is 1.65. The van der Waals surface area contributed by atoms with Gasteiger partial charge in [0.1, 0.15) is 11.9 Å². The Morgan fingerprint density at radius 2 is 2.17 bits per heavy atom. The Hall–Kier alpha value is -1.46. The molecule has 5 heteroatoms. The molecule has 0 bridgehead atoms. The van der Waals surface area contributed by atoms with Gasteiger partial charge in [-0.1, -0.05) is 18.2 Å². The average molecular weight is 254 g/mol. The minimum absolute atomic E-state index is 0.165. The van der Waals surface area contributed by atoms with Gasteiger partial charge in [0.25, 0.3) is 0 Å². The molecule has 0 aliphatic carbocycles. The number of hydrogen-bond donors (Lipinski definition) is 2. The van der Waals surface area contributed by atoms with Gasteiger partial charge in [0.05, 0.1) is 6.61 Å². The van der Waals surface area contributed by atoms with Gasteiger partial charge in [-0.25, -0.2) is 4.39 Å². The van der Waals surface area contributed by atoms with Gasteiger partial charge in [-0.05, 0) is 25.0 Å². The lowest BCUT2D eigenvalue weighted by Gasteiger charge is -2.17. The van der Waals surface area contributed by atoms with Crippen LogP contribution in [0.3, 0.4) is 0 Å². The van der Waals surface area contributed by atoms with Crippen LogP contribution in [0.4, 0.5) is 4.39 Å². The number of amides is 1. The zero-order chi connectivity index (χ0) is 13.5. The van der Waals surface area contributed by atoms with Crippen molar-refractivity contribution in [2.45, 2.75) is 25.4 Å². The highest BCUT2D eigenvalue weighted by Crippen LogP contribution is 2.08. The lowest BCUT2D eigenvalue weighted by atomic mass is 10.1. The van der Waals surface area contributed by atoms with Crippen molar-refractivity contribution in [2.24, 2.45) is 5.73 Å². The van der Waals surface area contributed by atoms with Crippen LogP contribution in [0.15, 0.2) is 24.3 Å². The van der Waals surface area contributed by atoms with E-state index >= 15 is 0 Å². The summed E-state index contributed by atoms with van der Waals surface area (Å²) >= 11 is 0. The van der Waals surface area contributed by atoms with E-state index in [0.717, 1.165) is 0 Å². The molecule has 1 aromatic carbocycles. The minimum Gasteiger partial charge on any atom is -0.383 e. The average Bonchev–Trinajstić information content (AvgIpc) is 2.32. The van der Waals surface area contributed by atoms with Gasteiger partial charge in [0.2, 0.25) is 5.91 Å². The lowest BCUT2D eigenvalue weighted by molar-refractivity contribution is -0.124. The number of hydrogen-bond acceptors (Lipinski definition) is 3. The van der Waals surface area contributed by atoms with Crippen LogP contribution < -0.4 is 11.1 Å². The van der Waals surface area contributed by atoms with Crippen molar-refractivity contribution in [3.8, 4) is 0 Å². The maximum atomic E-state index is 13.4. The van der Waals surface area contributed by atoms with Crippen molar-refractivity contribution in [1.82, 2.24) is 5.32 Å². The molecule has 100 valence electrons. The molecular formula is C13H19FN2O2. The normalized spacial score (nSPS) is 14.0. The SMILES string of the molecule is COCC(N)C(=O)NC(C)Cc1ccccc1F. The van der Waals surface area contributed by atoms with Crippen molar-refractivity contribution >= 4 is 5.91 Å². The molecule has 3 N–H and O–H groups in total. The van der Waals surface area contributed by atoms with E-state index in [2.05, 4.69) is 5.32 Å². The van der Waals surface area contributed by atoms with E-state index in [4.69, 9.17) is 10.5 Å². The summed E-state index contributed by atoms with van der Waals surface area (Å²) in [5.74, 6) is -0.555. The van der Waals surface area contributed by atoms with Crippen LogP contribution in [0, 0.1) is 5.82 Å². The first-order chi connectivity index (χ1) is 8.54. The quantitative estimate of drug-likeness (QED) is 0.791. The second-order valence-corrected chi connectivity index (χ2v) is 4.27. The smallest absolute Gasteiger partial charge is 0.239 e. The first kappa shape index (κ1) is 14.6. The zero-order valence-corrected chi connectivity index (χ0v) is 10.7. The number of nitrogens with two attached hydrogens (primary N) is 1. The van der Waals surface area contributed by atoms with Crippen molar-refractivity contribution < 1.29 is 13.9 Å². The van der Waals surface area contributed by atoms with Gasteiger partial charge in [-0.3, -0.25) is 4.79 Å². The Balaban J connectivity index is 2.49. The van der Waals surface area contributed by atoms with Crippen LogP contribution in [0.25, 0.3) is 0 Å². The molecule has 0 aliphatic heterocycles. The molecule has 1 amide bonds. The fourth-order valence-electron chi connectivity index (χ4n) is 1.65. The molecule has 2 unspecified atom stereocenters. The third-order valence-electron chi connectivity index (χ3n) is 2.56. The van der Waals surface area contributed by atoms with E-state index in [-0.39, 0.29) is 24.4 Å². The molecule has 0 heterocycles. The molecule has 1 aromatic rings. The summed E-state index contributed by atoms with van der Waals surface area (Å²) in [6.07, 6.45) is 0.429. The van der Waals surface area contributed by atoms with Crippen LogP contribution in [-0.2, 0) is 16.0 Å². The van der Waals surface area contributed by atoms with Crippen molar-refractivity contribution in [1.29, 1.82) is 0 Å². The first-order valence-corrected chi connectivity index (χ1v) is 5.83. The molecule has 0 aromatic heterocycles. The van der Waals surface area contributed by atoms with E-state index in [1.807, 2.05) is 6.92 Å². The zero-order valence-electron chi connectivity index (χ0n) is 10.7. The second kappa shape index (κ2) is 7.08. The summed E-state index contributed by atoms with van der Waals surface area (Å²) in [5.41, 5.74) is 6.16. The number of nitrogens with one attached hydrogen (secondary N) is 1. The van der Waals surface area contributed by atoms with Crippen molar-refractivity contribution in [3.63, 3.8) is 0 Å². The van der Waals surface area contributed by atoms with Crippen molar-refractivity contribution in [2.75, 3.05) is 13.7 Å². The molecule has 0 saturated heterocycles. The molecule has 0 fully saturated rings. The molecule has 2 atom stereocenters. The minimum atomic E-state index is -0.696. The Morgan fingerprint density at radius 3 is 2.78 bits per heavy atom. The lowest BCUT2D eigenvalue weighted by Crippen LogP contribution is -2.47. The van der Waals surface area contributed by atoms with E-state index in [1.165, 1.54) is 13.2 Å². The van der Waals surface area contributed by atoms with Gasteiger partial charge in [0, 0.05) is 13.2 Å². The number of rotatable bonds is 6. The van der Waals surface area contributed by atoms with Crippen LogP contribution in [-0.4, -0.2) is 31.7 Å². The first-order valence-electron chi connectivity index (χ1n) is 5.83. The molecule has 4 nitrogen and oxygen atoms in total. The van der Waals surface area contributed by atoms with Crippen LogP contribution in [0.2, 0.25) is 0 Å². The number of carbonyl (C=O) groups excluding carboxylic acids is 1. The summed E-state index contributed by atoms with van der Waals surface area (Å²) in [7, 11) is 1.48. The molecule has 0 radical (unpaired) electrons. The number of benzene rings is 1. The highest BCUT2D eigenvalue weighted by molar-refractivity contribution is 5.81.